The van der Waals surface area contributed by atoms with Gasteiger partial charge in [-0.05, 0) is 69.0 Å². The summed E-state index contributed by atoms with van der Waals surface area (Å²) in [4.78, 5) is 27.4. The van der Waals surface area contributed by atoms with Crippen LogP contribution < -0.4 is 10.1 Å². The first-order valence-corrected chi connectivity index (χ1v) is 11.5. The topological polar surface area (TPSA) is 58.6 Å². The van der Waals surface area contributed by atoms with Crippen LogP contribution in [0, 0.1) is 13.8 Å². The second kappa shape index (κ2) is 11.5. The second-order valence-electron chi connectivity index (χ2n) is 7.77. The first kappa shape index (κ1) is 25.2. The molecule has 0 aliphatic heterocycles. The van der Waals surface area contributed by atoms with E-state index in [4.69, 9.17) is 16.3 Å². The average Bonchev–Trinajstić information content (AvgIpc) is 2.74. The lowest BCUT2D eigenvalue weighted by molar-refractivity contribution is -0.142. The minimum atomic E-state index is -0.672. The highest BCUT2D eigenvalue weighted by Gasteiger charge is 2.27. The van der Waals surface area contributed by atoms with Crippen LogP contribution in [0.1, 0.15) is 43.9 Å². The maximum absolute atomic E-state index is 13.1. The van der Waals surface area contributed by atoms with Crippen molar-refractivity contribution in [1.82, 2.24) is 10.2 Å². The SMILES string of the molecule is CCC(C)NC(=O)C(C)N(Cc1ccccc1Cl)C(=O)COc1cc(C)c(Br)c(C)c1. The van der Waals surface area contributed by atoms with Crippen molar-refractivity contribution in [1.29, 1.82) is 0 Å². The molecule has 0 heterocycles. The number of carbonyl (C=O) groups excluding carboxylic acids is 2. The molecule has 2 amide bonds. The summed E-state index contributed by atoms with van der Waals surface area (Å²) < 4.78 is 6.80. The first-order chi connectivity index (χ1) is 14.6. The normalized spacial score (nSPS) is 12.7. The second-order valence-corrected chi connectivity index (χ2v) is 8.97. The molecule has 0 saturated carbocycles. The van der Waals surface area contributed by atoms with Crippen LogP contribution in [0.5, 0.6) is 5.75 Å². The summed E-state index contributed by atoms with van der Waals surface area (Å²) in [5.41, 5.74) is 2.82. The summed E-state index contributed by atoms with van der Waals surface area (Å²) in [6.45, 7) is 9.64. The van der Waals surface area contributed by atoms with Crippen molar-refractivity contribution in [3.8, 4) is 5.75 Å². The number of carbonyl (C=O) groups is 2. The van der Waals surface area contributed by atoms with Crippen molar-refractivity contribution in [2.45, 2.75) is 59.7 Å². The molecule has 2 unspecified atom stereocenters. The van der Waals surface area contributed by atoms with Gasteiger partial charge < -0.3 is 15.0 Å². The molecule has 0 fully saturated rings. The summed E-state index contributed by atoms with van der Waals surface area (Å²) >= 11 is 9.85. The smallest absolute Gasteiger partial charge is 0.261 e. The molecule has 1 N–H and O–H groups in total. The highest BCUT2D eigenvalue weighted by Crippen LogP contribution is 2.26. The Hall–Kier alpha value is -2.05. The number of benzene rings is 2. The highest BCUT2D eigenvalue weighted by atomic mass is 79.9. The molecular weight excluding hydrogens is 480 g/mol. The van der Waals surface area contributed by atoms with Gasteiger partial charge in [-0.25, -0.2) is 0 Å². The van der Waals surface area contributed by atoms with Gasteiger partial charge in [0.25, 0.3) is 5.91 Å². The summed E-state index contributed by atoms with van der Waals surface area (Å²) in [5.74, 6) is 0.121. The maximum Gasteiger partial charge on any atom is 0.261 e. The van der Waals surface area contributed by atoms with E-state index >= 15 is 0 Å². The molecule has 0 saturated heterocycles. The van der Waals surface area contributed by atoms with E-state index < -0.39 is 6.04 Å². The van der Waals surface area contributed by atoms with Crippen LogP contribution in [0.25, 0.3) is 0 Å². The average molecular weight is 510 g/mol. The number of hydrogen-bond donors (Lipinski definition) is 1. The van der Waals surface area contributed by atoms with E-state index in [9.17, 15) is 9.59 Å². The van der Waals surface area contributed by atoms with Crippen LogP contribution in [-0.2, 0) is 16.1 Å². The predicted octanol–water partition coefficient (Wildman–Crippen LogP) is 5.43. The van der Waals surface area contributed by atoms with E-state index in [2.05, 4.69) is 21.2 Å². The third-order valence-electron chi connectivity index (χ3n) is 5.24. The molecule has 168 valence electrons. The van der Waals surface area contributed by atoms with Crippen molar-refractivity contribution >= 4 is 39.3 Å². The largest absolute Gasteiger partial charge is 0.484 e. The van der Waals surface area contributed by atoms with Gasteiger partial charge in [-0.2, -0.15) is 0 Å². The van der Waals surface area contributed by atoms with Crippen LogP contribution in [0.4, 0.5) is 0 Å². The Labute approximate surface area is 198 Å². The Morgan fingerprint density at radius 3 is 2.35 bits per heavy atom. The predicted molar refractivity (Wildman–Crippen MR) is 128 cm³/mol. The number of nitrogens with one attached hydrogen (secondary N) is 1. The van der Waals surface area contributed by atoms with Gasteiger partial charge in [-0.15, -0.1) is 0 Å². The molecular formula is C24H30BrClN2O3. The molecule has 2 rings (SSSR count). The zero-order valence-corrected chi connectivity index (χ0v) is 21.0. The number of hydrogen-bond acceptors (Lipinski definition) is 3. The third-order valence-corrected chi connectivity index (χ3v) is 6.86. The lowest BCUT2D eigenvalue weighted by Crippen LogP contribution is -2.50. The van der Waals surface area contributed by atoms with Crippen LogP contribution in [0.3, 0.4) is 0 Å². The van der Waals surface area contributed by atoms with Gasteiger partial charge in [0.1, 0.15) is 11.8 Å². The number of ether oxygens (including phenoxy) is 1. The van der Waals surface area contributed by atoms with Crippen molar-refractivity contribution in [3.63, 3.8) is 0 Å². The van der Waals surface area contributed by atoms with Crippen LogP contribution >= 0.6 is 27.5 Å². The monoisotopic (exact) mass is 508 g/mol. The minimum absolute atomic E-state index is 0.0252. The van der Waals surface area contributed by atoms with Crippen molar-refractivity contribution in [2.75, 3.05) is 6.61 Å². The highest BCUT2D eigenvalue weighted by molar-refractivity contribution is 9.10. The molecule has 0 aliphatic carbocycles. The molecule has 5 nitrogen and oxygen atoms in total. The van der Waals surface area contributed by atoms with Crippen molar-refractivity contribution < 1.29 is 14.3 Å². The Balaban J connectivity index is 2.21. The molecule has 31 heavy (non-hydrogen) atoms. The van der Waals surface area contributed by atoms with E-state index in [1.165, 1.54) is 4.90 Å². The summed E-state index contributed by atoms with van der Waals surface area (Å²) in [6, 6.07) is 10.4. The van der Waals surface area contributed by atoms with E-state index in [0.717, 1.165) is 27.6 Å². The molecule has 0 bridgehead atoms. The lowest BCUT2D eigenvalue weighted by Gasteiger charge is -2.30. The van der Waals surface area contributed by atoms with E-state index in [1.54, 1.807) is 13.0 Å². The fourth-order valence-corrected chi connectivity index (χ4v) is 3.50. The molecule has 2 aromatic carbocycles. The summed E-state index contributed by atoms with van der Waals surface area (Å²) in [5, 5.41) is 3.50. The number of halogens is 2. The van der Waals surface area contributed by atoms with Crippen LogP contribution in [-0.4, -0.2) is 35.4 Å². The van der Waals surface area contributed by atoms with E-state index in [0.29, 0.717) is 10.8 Å². The van der Waals surface area contributed by atoms with Gasteiger partial charge in [0.15, 0.2) is 6.61 Å². The Morgan fingerprint density at radius 2 is 1.77 bits per heavy atom. The quantitative estimate of drug-likeness (QED) is 0.490. The zero-order valence-electron chi connectivity index (χ0n) is 18.7. The standard InChI is InChI=1S/C24H30BrClN2O3/c1-6-17(4)27-24(30)18(5)28(13-19-9-7-8-10-21(19)26)22(29)14-31-20-11-15(2)23(25)16(3)12-20/h7-12,17-18H,6,13-14H2,1-5H3,(H,27,30). The fraction of sp³-hybridized carbons (Fsp3) is 0.417. The van der Waals surface area contributed by atoms with E-state index in [1.807, 2.05) is 58.0 Å². The van der Waals surface area contributed by atoms with Gasteiger partial charge >= 0.3 is 0 Å². The third kappa shape index (κ3) is 6.97. The van der Waals surface area contributed by atoms with Crippen molar-refractivity contribution in [2.24, 2.45) is 0 Å². The van der Waals surface area contributed by atoms with Crippen molar-refractivity contribution in [3.05, 3.63) is 62.6 Å². The van der Waals surface area contributed by atoms with Gasteiger partial charge in [-0.1, -0.05) is 52.7 Å². The molecule has 7 heteroatoms. The maximum atomic E-state index is 13.1. The molecule has 0 spiro atoms. The first-order valence-electron chi connectivity index (χ1n) is 10.4. The lowest BCUT2D eigenvalue weighted by atomic mass is 10.1. The van der Waals surface area contributed by atoms with Gasteiger partial charge in [-0.3, -0.25) is 9.59 Å². The van der Waals surface area contributed by atoms with Gasteiger partial charge in [0, 0.05) is 22.1 Å². The molecule has 2 aromatic rings. The van der Waals surface area contributed by atoms with Crippen LogP contribution in [0.15, 0.2) is 40.9 Å². The molecule has 0 radical (unpaired) electrons. The zero-order chi connectivity index (χ0) is 23.1. The number of amides is 2. The Morgan fingerprint density at radius 1 is 1.16 bits per heavy atom. The number of rotatable bonds is 9. The molecule has 2 atom stereocenters. The summed E-state index contributed by atoms with van der Waals surface area (Å²) in [7, 11) is 0. The molecule has 0 aromatic heterocycles. The minimum Gasteiger partial charge on any atom is -0.484 e. The Kier molecular flexibility index (Phi) is 9.38. The fourth-order valence-electron chi connectivity index (χ4n) is 3.08. The van der Waals surface area contributed by atoms with Crippen LogP contribution in [0.2, 0.25) is 5.02 Å². The molecule has 0 aliphatic rings. The Bertz CT molecular complexity index is 912. The number of nitrogens with zero attached hydrogens (tertiary/aromatic N) is 1. The van der Waals surface area contributed by atoms with Gasteiger partial charge in [0.05, 0.1) is 0 Å². The van der Waals surface area contributed by atoms with E-state index in [-0.39, 0.29) is 31.0 Å². The van der Waals surface area contributed by atoms with Gasteiger partial charge in [0.2, 0.25) is 5.91 Å². The number of aryl methyl sites for hydroxylation is 2. The summed E-state index contributed by atoms with van der Waals surface area (Å²) in [6.07, 6.45) is 0.808.